The number of aliphatic hydroxyl groups is 2. The lowest BCUT2D eigenvalue weighted by Gasteiger charge is -2.17. The minimum atomic E-state index is -1.15. The lowest BCUT2D eigenvalue weighted by molar-refractivity contribution is -0.121. The highest BCUT2D eigenvalue weighted by atomic mass is 16.3. The number of carbonyl (C=O) groups excluding carboxylic acids is 1. The molecular weight excluding hydrogens is 220 g/mol. The van der Waals surface area contributed by atoms with Crippen LogP contribution >= 0.6 is 0 Å². The van der Waals surface area contributed by atoms with E-state index in [0.717, 1.165) is 24.2 Å². The molecule has 0 spiro atoms. The highest BCUT2D eigenvalue weighted by molar-refractivity contribution is 5.74. The second-order valence-electron chi connectivity index (χ2n) is 4.28. The Morgan fingerprint density at radius 3 is 2.94 bits per heavy atom. The second kappa shape index (κ2) is 4.73. The molecule has 2 unspecified atom stereocenters. The van der Waals surface area contributed by atoms with Crippen molar-refractivity contribution >= 4 is 11.6 Å². The lowest BCUT2D eigenvalue weighted by atomic mass is 9.99. The van der Waals surface area contributed by atoms with Crippen molar-refractivity contribution in [1.29, 1.82) is 0 Å². The summed E-state index contributed by atoms with van der Waals surface area (Å²) in [6.07, 6.45) is -1.56. The summed E-state index contributed by atoms with van der Waals surface area (Å²) in [6, 6.07) is 5.47. The lowest BCUT2D eigenvalue weighted by Crippen LogP contribution is -2.25. The molecule has 2 atom stereocenters. The number of primary amides is 1. The highest BCUT2D eigenvalue weighted by Crippen LogP contribution is 2.27. The van der Waals surface area contributed by atoms with Crippen molar-refractivity contribution in [3.05, 3.63) is 29.3 Å². The number of anilines is 1. The van der Waals surface area contributed by atoms with Crippen LogP contribution in [-0.2, 0) is 11.2 Å². The molecule has 0 saturated carbocycles. The van der Waals surface area contributed by atoms with E-state index in [4.69, 9.17) is 5.73 Å². The quantitative estimate of drug-likeness (QED) is 0.588. The molecule has 5 N–H and O–H groups in total. The average molecular weight is 236 g/mol. The predicted octanol–water partition coefficient (Wildman–Crippen LogP) is -0.0757. The number of nitrogens with one attached hydrogen (secondary N) is 1. The molecule has 0 fully saturated rings. The first kappa shape index (κ1) is 11.9. The summed E-state index contributed by atoms with van der Waals surface area (Å²) in [4.78, 5) is 10.7. The summed E-state index contributed by atoms with van der Waals surface area (Å²) in [5.74, 6) is -0.626. The molecule has 1 heterocycles. The normalized spacial score (nSPS) is 17.1. The van der Waals surface area contributed by atoms with E-state index in [1.165, 1.54) is 0 Å². The fourth-order valence-corrected chi connectivity index (χ4v) is 2.05. The molecule has 5 nitrogen and oxygen atoms in total. The van der Waals surface area contributed by atoms with Gasteiger partial charge in [0, 0.05) is 12.2 Å². The van der Waals surface area contributed by atoms with Gasteiger partial charge in [-0.15, -0.1) is 0 Å². The molecule has 0 aromatic heterocycles. The number of hydrogen-bond donors (Lipinski definition) is 4. The number of amides is 1. The predicted molar refractivity (Wildman–Crippen MR) is 63.4 cm³/mol. The molecule has 1 aliphatic rings. The van der Waals surface area contributed by atoms with E-state index in [0.29, 0.717) is 5.56 Å². The summed E-state index contributed by atoms with van der Waals surface area (Å²) in [6.45, 7) is 0.888. The van der Waals surface area contributed by atoms with Crippen molar-refractivity contribution in [2.24, 2.45) is 5.73 Å². The summed E-state index contributed by atoms with van der Waals surface area (Å²) in [5, 5.41) is 22.7. The van der Waals surface area contributed by atoms with Crippen molar-refractivity contribution in [3.63, 3.8) is 0 Å². The van der Waals surface area contributed by atoms with Gasteiger partial charge in [0.2, 0.25) is 5.91 Å². The number of rotatable bonds is 4. The van der Waals surface area contributed by atoms with Crippen LogP contribution in [0, 0.1) is 0 Å². The van der Waals surface area contributed by atoms with Crippen molar-refractivity contribution < 1.29 is 15.0 Å². The van der Waals surface area contributed by atoms with Crippen LogP contribution in [0.4, 0.5) is 5.69 Å². The van der Waals surface area contributed by atoms with Gasteiger partial charge in [-0.25, -0.2) is 0 Å². The van der Waals surface area contributed by atoms with Gasteiger partial charge >= 0.3 is 0 Å². The smallest absolute Gasteiger partial charge is 0.220 e. The van der Waals surface area contributed by atoms with Gasteiger partial charge in [0.1, 0.15) is 6.10 Å². The molecule has 2 rings (SSSR count). The minimum absolute atomic E-state index is 0.240. The Kier molecular flexibility index (Phi) is 3.31. The van der Waals surface area contributed by atoms with E-state index in [9.17, 15) is 15.0 Å². The van der Waals surface area contributed by atoms with E-state index in [-0.39, 0.29) is 6.42 Å². The Morgan fingerprint density at radius 2 is 2.24 bits per heavy atom. The Labute approximate surface area is 99.3 Å². The fourth-order valence-electron chi connectivity index (χ4n) is 2.05. The third-order valence-electron chi connectivity index (χ3n) is 2.96. The van der Waals surface area contributed by atoms with Crippen molar-refractivity contribution in [2.75, 3.05) is 11.9 Å². The maximum Gasteiger partial charge on any atom is 0.220 e. The zero-order chi connectivity index (χ0) is 12.4. The second-order valence-corrected chi connectivity index (χ2v) is 4.28. The van der Waals surface area contributed by atoms with E-state index in [1.54, 1.807) is 6.07 Å². The van der Waals surface area contributed by atoms with Crippen LogP contribution in [0.2, 0.25) is 0 Å². The van der Waals surface area contributed by atoms with Gasteiger partial charge in [-0.3, -0.25) is 4.79 Å². The zero-order valence-electron chi connectivity index (χ0n) is 9.39. The highest BCUT2D eigenvalue weighted by Gasteiger charge is 2.21. The topological polar surface area (TPSA) is 95.6 Å². The third-order valence-corrected chi connectivity index (χ3v) is 2.96. The van der Waals surface area contributed by atoms with Gasteiger partial charge in [0.15, 0.2) is 0 Å². The summed E-state index contributed by atoms with van der Waals surface area (Å²) < 4.78 is 0. The van der Waals surface area contributed by atoms with Gasteiger partial charge < -0.3 is 21.3 Å². The molecule has 1 amide bonds. The van der Waals surface area contributed by atoms with Crippen LogP contribution in [-0.4, -0.2) is 28.8 Å². The average Bonchev–Trinajstić information content (AvgIpc) is 2.73. The Bertz CT molecular complexity index is 434. The Hall–Kier alpha value is -1.59. The van der Waals surface area contributed by atoms with Crippen LogP contribution in [0.5, 0.6) is 0 Å². The van der Waals surface area contributed by atoms with Crippen molar-refractivity contribution in [3.8, 4) is 0 Å². The van der Waals surface area contributed by atoms with Crippen molar-refractivity contribution in [2.45, 2.75) is 25.0 Å². The Morgan fingerprint density at radius 1 is 1.47 bits per heavy atom. The molecular formula is C12H16N2O3. The van der Waals surface area contributed by atoms with E-state index in [1.807, 2.05) is 12.1 Å². The molecule has 5 heteroatoms. The largest absolute Gasteiger partial charge is 0.390 e. The number of fused-ring (bicyclic) bond motifs is 1. The van der Waals surface area contributed by atoms with Crippen LogP contribution in [0.25, 0.3) is 0 Å². The number of benzene rings is 1. The standard InChI is InChI=1S/C12H16N2O3/c13-11(16)6-10(15)12(17)8-1-2-9-7(5-8)3-4-14-9/h1-2,5,10,12,14-15,17H,3-4,6H2,(H2,13,16). The maximum absolute atomic E-state index is 10.7. The maximum atomic E-state index is 10.7. The van der Waals surface area contributed by atoms with Gasteiger partial charge in [-0.2, -0.15) is 0 Å². The monoisotopic (exact) mass is 236 g/mol. The molecule has 0 radical (unpaired) electrons. The van der Waals surface area contributed by atoms with Gasteiger partial charge in [-0.05, 0) is 23.6 Å². The molecule has 92 valence electrons. The van der Waals surface area contributed by atoms with Crippen LogP contribution in [0.15, 0.2) is 18.2 Å². The van der Waals surface area contributed by atoms with Crippen LogP contribution in [0.3, 0.4) is 0 Å². The van der Waals surface area contributed by atoms with Gasteiger partial charge in [0.25, 0.3) is 0 Å². The first-order chi connectivity index (χ1) is 8.08. The molecule has 0 aliphatic carbocycles. The van der Waals surface area contributed by atoms with E-state index >= 15 is 0 Å². The summed E-state index contributed by atoms with van der Waals surface area (Å²) >= 11 is 0. The van der Waals surface area contributed by atoms with Gasteiger partial charge in [-0.1, -0.05) is 12.1 Å². The van der Waals surface area contributed by atoms with Gasteiger partial charge in [0.05, 0.1) is 12.5 Å². The molecule has 1 aliphatic heterocycles. The first-order valence-corrected chi connectivity index (χ1v) is 5.59. The van der Waals surface area contributed by atoms with E-state index < -0.39 is 18.1 Å². The van der Waals surface area contributed by atoms with E-state index in [2.05, 4.69) is 5.32 Å². The zero-order valence-corrected chi connectivity index (χ0v) is 9.39. The van der Waals surface area contributed by atoms with Crippen LogP contribution < -0.4 is 11.1 Å². The Balaban J connectivity index is 2.14. The fraction of sp³-hybridized carbons (Fsp3) is 0.417. The molecule has 1 aromatic carbocycles. The molecule has 0 bridgehead atoms. The number of aliphatic hydroxyl groups excluding tert-OH is 2. The summed E-state index contributed by atoms with van der Waals surface area (Å²) in [7, 11) is 0. The van der Waals surface area contributed by atoms with Crippen molar-refractivity contribution in [1.82, 2.24) is 0 Å². The number of hydrogen-bond acceptors (Lipinski definition) is 4. The summed E-state index contributed by atoms with van der Waals surface area (Å²) in [5.41, 5.74) is 7.77. The SMILES string of the molecule is NC(=O)CC(O)C(O)c1ccc2c(c1)CCN2. The molecule has 17 heavy (non-hydrogen) atoms. The minimum Gasteiger partial charge on any atom is -0.390 e. The molecule has 0 saturated heterocycles. The van der Waals surface area contributed by atoms with Crippen LogP contribution in [0.1, 0.15) is 23.7 Å². The number of nitrogens with two attached hydrogens (primary N) is 1. The molecule has 1 aromatic rings. The third kappa shape index (κ3) is 2.57. The number of carbonyl (C=O) groups is 1. The first-order valence-electron chi connectivity index (χ1n) is 5.59.